The van der Waals surface area contributed by atoms with Crippen molar-refractivity contribution >= 4 is 28.7 Å². The van der Waals surface area contributed by atoms with E-state index < -0.39 is 0 Å². The number of ether oxygens (including phenoxy) is 1. The first-order valence-electron chi connectivity index (χ1n) is 2.08. The van der Waals surface area contributed by atoms with E-state index in [1.807, 2.05) is 22.6 Å². The molecule has 0 bridgehead atoms. The van der Waals surface area contributed by atoms with Crippen LogP contribution in [0.3, 0.4) is 0 Å². The number of nitrogens with one attached hydrogen (secondary N) is 1. The molecule has 1 N–H and O–H groups in total. The molecule has 1 saturated heterocycles. The van der Waals surface area contributed by atoms with Crippen molar-refractivity contribution in [3.05, 3.63) is 9.84 Å². The van der Waals surface area contributed by atoms with Gasteiger partial charge in [0, 0.05) is 4.08 Å². The Balaban J connectivity index is 2.56. The third kappa shape index (κ3) is 1.12. The van der Waals surface area contributed by atoms with Gasteiger partial charge >= 0.3 is 6.09 Å². The van der Waals surface area contributed by atoms with E-state index in [1.165, 1.54) is 0 Å². The number of carbonyl (C=O) groups excluding carboxylic acids is 1. The third-order valence-corrected chi connectivity index (χ3v) is 1.45. The van der Waals surface area contributed by atoms with Crippen molar-refractivity contribution in [3.63, 3.8) is 0 Å². The van der Waals surface area contributed by atoms with Gasteiger partial charge in [-0.3, -0.25) is 0 Å². The zero-order valence-corrected chi connectivity index (χ0v) is 6.14. The molecule has 0 atom stereocenters. The summed E-state index contributed by atoms with van der Waals surface area (Å²) in [5.74, 6) is 0.690. The van der Waals surface area contributed by atoms with Gasteiger partial charge in [-0.05, 0) is 22.6 Å². The number of cyclic esters (lactones) is 1. The maximum absolute atomic E-state index is 10.2. The number of alkyl carbamates (subject to hydrolysis) is 1. The van der Waals surface area contributed by atoms with Crippen molar-refractivity contribution in [2.45, 2.75) is 0 Å². The fourth-order valence-electron chi connectivity index (χ4n) is 0.411. The lowest BCUT2D eigenvalue weighted by molar-refractivity contribution is 0.195. The van der Waals surface area contributed by atoms with Crippen molar-refractivity contribution in [1.82, 2.24) is 5.32 Å². The first-order chi connectivity index (χ1) is 3.83. The van der Waals surface area contributed by atoms with Gasteiger partial charge in [0.05, 0.1) is 6.54 Å². The molecule has 1 amide bonds. The average Bonchev–Trinajstić information content (AvgIpc) is 2.14. The molecule has 0 radical (unpaired) electrons. The van der Waals surface area contributed by atoms with E-state index >= 15 is 0 Å². The van der Waals surface area contributed by atoms with Crippen LogP contribution in [-0.2, 0) is 4.74 Å². The molecular weight excluding hydrogens is 221 g/mol. The molecule has 1 heterocycles. The average molecular weight is 225 g/mol. The predicted octanol–water partition coefficient (Wildman–Crippen LogP) is 1.00. The standard InChI is InChI=1S/C4H4INO2/c5-1-3-2-6-4(7)8-3/h1H,2H2,(H,6,7)/b3-1-. The fourth-order valence-corrected chi connectivity index (χ4v) is 0.759. The Morgan fingerprint density at radius 3 is 2.88 bits per heavy atom. The highest BCUT2D eigenvalue weighted by Gasteiger charge is 2.13. The summed E-state index contributed by atoms with van der Waals surface area (Å²) in [6.45, 7) is 0.530. The predicted molar refractivity (Wildman–Crippen MR) is 36.6 cm³/mol. The molecule has 0 aromatic rings. The first kappa shape index (κ1) is 5.87. The number of amides is 1. The smallest absolute Gasteiger partial charge is 0.412 e. The SMILES string of the molecule is O=C1NC/C(=C/I)O1. The second-order valence-corrected chi connectivity index (χ2v) is 1.94. The van der Waals surface area contributed by atoms with Gasteiger partial charge in [-0.2, -0.15) is 0 Å². The molecule has 0 aromatic carbocycles. The van der Waals surface area contributed by atoms with Crippen LogP contribution in [0.15, 0.2) is 9.84 Å². The van der Waals surface area contributed by atoms with Gasteiger partial charge in [0.1, 0.15) is 5.76 Å². The van der Waals surface area contributed by atoms with Crippen LogP contribution >= 0.6 is 22.6 Å². The van der Waals surface area contributed by atoms with E-state index in [2.05, 4.69) is 10.1 Å². The van der Waals surface area contributed by atoms with Crippen LogP contribution in [0.4, 0.5) is 4.79 Å². The minimum Gasteiger partial charge on any atom is -0.412 e. The lowest BCUT2D eigenvalue weighted by atomic mass is 10.6. The van der Waals surface area contributed by atoms with Crippen LogP contribution in [0.1, 0.15) is 0 Å². The quantitative estimate of drug-likeness (QED) is 0.624. The van der Waals surface area contributed by atoms with E-state index in [9.17, 15) is 4.79 Å². The van der Waals surface area contributed by atoms with E-state index in [4.69, 9.17) is 0 Å². The molecule has 1 aliphatic heterocycles. The van der Waals surface area contributed by atoms with Gasteiger partial charge in [-0.1, -0.05) is 0 Å². The Labute approximate surface area is 60.2 Å². The van der Waals surface area contributed by atoms with Gasteiger partial charge in [0.25, 0.3) is 0 Å². The summed E-state index contributed by atoms with van der Waals surface area (Å²) in [4.78, 5) is 10.2. The monoisotopic (exact) mass is 225 g/mol. The van der Waals surface area contributed by atoms with Crippen molar-refractivity contribution in [2.75, 3.05) is 6.54 Å². The summed E-state index contributed by atoms with van der Waals surface area (Å²) < 4.78 is 6.35. The zero-order chi connectivity index (χ0) is 5.98. The maximum atomic E-state index is 10.2. The highest BCUT2D eigenvalue weighted by molar-refractivity contribution is 14.1. The summed E-state index contributed by atoms with van der Waals surface area (Å²) in [5.41, 5.74) is 0. The molecule has 1 fully saturated rings. The molecule has 4 heteroatoms. The van der Waals surface area contributed by atoms with Crippen LogP contribution < -0.4 is 5.32 Å². The van der Waals surface area contributed by atoms with E-state index in [0.29, 0.717) is 12.3 Å². The Morgan fingerprint density at radius 2 is 2.62 bits per heavy atom. The topological polar surface area (TPSA) is 38.3 Å². The molecule has 0 spiro atoms. The Morgan fingerprint density at radius 1 is 1.88 bits per heavy atom. The molecule has 0 unspecified atom stereocenters. The molecule has 0 aromatic heterocycles. The summed E-state index contributed by atoms with van der Waals surface area (Å²) in [5, 5.41) is 2.49. The first-order valence-corrected chi connectivity index (χ1v) is 3.32. The summed E-state index contributed by atoms with van der Waals surface area (Å²) in [6.07, 6.45) is -0.354. The number of rotatable bonds is 0. The van der Waals surface area contributed by atoms with Gasteiger partial charge in [0.15, 0.2) is 0 Å². The lowest BCUT2D eigenvalue weighted by Gasteiger charge is -1.85. The van der Waals surface area contributed by atoms with E-state index in [0.717, 1.165) is 0 Å². The van der Waals surface area contributed by atoms with Gasteiger partial charge in [-0.25, -0.2) is 4.79 Å². The zero-order valence-electron chi connectivity index (χ0n) is 3.98. The van der Waals surface area contributed by atoms with E-state index in [1.54, 1.807) is 4.08 Å². The minimum atomic E-state index is -0.354. The Hall–Kier alpha value is -0.260. The van der Waals surface area contributed by atoms with Crippen molar-refractivity contribution in [3.8, 4) is 0 Å². The summed E-state index contributed by atoms with van der Waals surface area (Å²) >= 11 is 2.02. The second-order valence-electron chi connectivity index (χ2n) is 1.32. The molecule has 3 nitrogen and oxygen atoms in total. The molecule has 44 valence electrons. The largest absolute Gasteiger partial charge is 0.412 e. The van der Waals surface area contributed by atoms with Crippen LogP contribution in [0.25, 0.3) is 0 Å². The van der Waals surface area contributed by atoms with Gasteiger partial charge in [0.2, 0.25) is 0 Å². The van der Waals surface area contributed by atoms with Crippen LogP contribution in [0.2, 0.25) is 0 Å². The Bertz CT molecular complexity index is 143. The summed E-state index contributed by atoms with van der Waals surface area (Å²) in [6, 6.07) is 0. The fraction of sp³-hybridized carbons (Fsp3) is 0.250. The molecule has 1 aliphatic rings. The number of hydrogen-bond acceptors (Lipinski definition) is 2. The van der Waals surface area contributed by atoms with Crippen LogP contribution in [0.5, 0.6) is 0 Å². The normalized spacial score (nSPS) is 23.1. The van der Waals surface area contributed by atoms with Crippen LogP contribution in [0, 0.1) is 0 Å². The van der Waals surface area contributed by atoms with Crippen molar-refractivity contribution in [2.24, 2.45) is 0 Å². The number of hydrogen-bond donors (Lipinski definition) is 1. The molecule has 1 rings (SSSR count). The Kier molecular flexibility index (Phi) is 1.72. The molecule has 0 saturated carbocycles. The molecule has 0 aliphatic carbocycles. The molecular formula is C4H4INO2. The second kappa shape index (κ2) is 2.34. The van der Waals surface area contributed by atoms with Crippen molar-refractivity contribution < 1.29 is 9.53 Å². The minimum absolute atomic E-state index is 0.354. The maximum Gasteiger partial charge on any atom is 0.412 e. The highest BCUT2D eigenvalue weighted by Crippen LogP contribution is 2.05. The van der Waals surface area contributed by atoms with Crippen molar-refractivity contribution in [1.29, 1.82) is 0 Å². The lowest BCUT2D eigenvalue weighted by Crippen LogP contribution is -2.11. The van der Waals surface area contributed by atoms with Gasteiger partial charge in [-0.15, -0.1) is 0 Å². The third-order valence-electron chi connectivity index (χ3n) is 0.752. The highest BCUT2D eigenvalue weighted by atomic mass is 127. The van der Waals surface area contributed by atoms with Crippen LogP contribution in [-0.4, -0.2) is 12.6 Å². The number of halogens is 1. The summed E-state index contributed by atoms with van der Waals surface area (Å²) in [7, 11) is 0. The van der Waals surface area contributed by atoms with E-state index in [-0.39, 0.29) is 6.09 Å². The van der Waals surface area contributed by atoms with Gasteiger partial charge < -0.3 is 10.1 Å². The number of carbonyl (C=O) groups is 1. The molecule has 8 heavy (non-hydrogen) atoms.